The molecule has 1 atom stereocenters. The first-order valence-corrected chi connectivity index (χ1v) is 9.46. The fourth-order valence-electron chi connectivity index (χ4n) is 1.90. The van der Waals surface area contributed by atoms with Gasteiger partial charge in [-0.05, 0) is 33.1 Å². The van der Waals surface area contributed by atoms with Crippen LogP contribution in [-0.4, -0.2) is 31.9 Å². The monoisotopic (exact) mass is 418 g/mol. The number of nitrogens with zero attached hydrogens (tertiary/aromatic N) is 3. The Morgan fingerprint density at radius 3 is 2.71 bits per heavy atom. The number of aromatic nitrogens is 3. The fraction of sp³-hybridized carbons (Fsp3) is 0.500. The normalized spacial score (nSPS) is 12.9. The van der Waals surface area contributed by atoms with Crippen molar-refractivity contribution in [2.45, 2.75) is 38.1 Å². The second-order valence-corrected chi connectivity index (χ2v) is 6.30. The fourth-order valence-corrected chi connectivity index (χ4v) is 2.78. The molecule has 0 amide bonds. The molecule has 0 aliphatic heterocycles. The van der Waals surface area contributed by atoms with Crippen LogP contribution in [0.4, 0.5) is 5.82 Å². The van der Waals surface area contributed by atoms with E-state index in [-0.39, 0.29) is 12.1 Å². The standard InChI is InChI=1S/C14H19IN4OS/c1-8(2)17-13-12-10(6-16-14(19-12)21-4)5-11(18-13)9(3)20-7-15/h5-6,8-9H,7H2,1-4H3,(H,17,18). The summed E-state index contributed by atoms with van der Waals surface area (Å²) in [4.78, 5) is 13.6. The van der Waals surface area contributed by atoms with Crippen LogP contribution in [0.2, 0.25) is 0 Å². The zero-order valence-electron chi connectivity index (χ0n) is 12.6. The van der Waals surface area contributed by atoms with Crippen LogP contribution < -0.4 is 5.32 Å². The van der Waals surface area contributed by atoms with E-state index >= 15 is 0 Å². The van der Waals surface area contributed by atoms with Crippen LogP contribution in [0.5, 0.6) is 0 Å². The third kappa shape index (κ3) is 4.17. The Morgan fingerprint density at radius 1 is 1.33 bits per heavy atom. The van der Waals surface area contributed by atoms with E-state index < -0.39 is 0 Å². The van der Waals surface area contributed by atoms with Crippen molar-refractivity contribution < 1.29 is 4.74 Å². The van der Waals surface area contributed by atoms with Gasteiger partial charge in [0.25, 0.3) is 0 Å². The Hall–Kier alpha value is -0.670. The van der Waals surface area contributed by atoms with Crippen LogP contribution in [0, 0.1) is 0 Å². The van der Waals surface area contributed by atoms with Gasteiger partial charge in [0.2, 0.25) is 0 Å². The number of nitrogens with one attached hydrogen (secondary N) is 1. The van der Waals surface area contributed by atoms with Gasteiger partial charge in [0, 0.05) is 17.6 Å². The van der Waals surface area contributed by atoms with Gasteiger partial charge in [-0.15, -0.1) is 0 Å². The van der Waals surface area contributed by atoms with Crippen LogP contribution in [-0.2, 0) is 4.74 Å². The van der Waals surface area contributed by atoms with Gasteiger partial charge < -0.3 is 10.1 Å². The largest absolute Gasteiger partial charge is 0.366 e. The topological polar surface area (TPSA) is 59.9 Å². The van der Waals surface area contributed by atoms with Gasteiger partial charge in [0.1, 0.15) is 5.52 Å². The van der Waals surface area contributed by atoms with Crippen molar-refractivity contribution in [3.05, 3.63) is 18.0 Å². The molecule has 0 radical (unpaired) electrons. The molecule has 0 bridgehead atoms. The molecule has 7 heteroatoms. The van der Waals surface area contributed by atoms with E-state index in [0.717, 1.165) is 27.6 Å². The van der Waals surface area contributed by atoms with Crippen molar-refractivity contribution in [2.24, 2.45) is 0 Å². The predicted octanol–water partition coefficient (Wildman–Crippen LogP) is 4.04. The number of pyridine rings is 1. The molecule has 1 N–H and O–H groups in total. The van der Waals surface area contributed by atoms with Crippen LogP contribution >= 0.6 is 34.4 Å². The summed E-state index contributed by atoms with van der Waals surface area (Å²) in [5.41, 5.74) is 1.75. The summed E-state index contributed by atoms with van der Waals surface area (Å²) in [6.45, 7) is 6.17. The summed E-state index contributed by atoms with van der Waals surface area (Å²) < 4.78 is 6.27. The molecule has 2 rings (SSSR count). The highest BCUT2D eigenvalue weighted by Crippen LogP contribution is 2.26. The molecule has 0 fully saturated rings. The van der Waals surface area contributed by atoms with Crippen molar-refractivity contribution in [1.82, 2.24) is 15.0 Å². The lowest BCUT2D eigenvalue weighted by molar-refractivity contribution is 0.109. The zero-order chi connectivity index (χ0) is 15.4. The molecule has 1 unspecified atom stereocenters. The van der Waals surface area contributed by atoms with E-state index in [4.69, 9.17) is 9.72 Å². The zero-order valence-corrected chi connectivity index (χ0v) is 15.5. The minimum atomic E-state index is -0.0563. The summed E-state index contributed by atoms with van der Waals surface area (Å²) >= 11 is 3.72. The minimum Gasteiger partial charge on any atom is -0.366 e. The highest BCUT2D eigenvalue weighted by Gasteiger charge is 2.14. The van der Waals surface area contributed by atoms with Gasteiger partial charge in [-0.3, -0.25) is 0 Å². The van der Waals surface area contributed by atoms with Crippen molar-refractivity contribution in [3.63, 3.8) is 0 Å². The smallest absolute Gasteiger partial charge is 0.187 e. The molecule has 2 heterocycles. The Bertz CT molecular complexity index is 623. The first-order chi connectivity index (χ1) is 10.0. The molecule has 21 heavy (non-hydrogen) atoms. The highest BCUT2D eigenvalue weighted by molar-refractivity contribution is 14.1. The van der Waals surface area contributed by atoms with Gasteiger partial charge >= 0.3 is 0 Å². The van der Waals surface area contributed by atoms with E-state index in [9.17, 15) is 0 Å². The molecule has 0 saturated carbocycles. The van der Waals surface area contributed by atoms with Crippen LogP contribution in [0.1, 0.15) is 32.6 Å². The number of halogens is 1. The highest BCUT2D eigenvalue weighted by atomic mass is 127. The van der Waals surface area contributed by atoms with E-state index in [0.29, 0.717) is 4.61 Å². The first kappa shape index (κ1) is 16.7. The Balaban J connectivity index is 2.55. The molecule has 0 aromatic carbocycles. The molecular formula is C14H19IN4OS. The van der Waals surface area contributed by atoms with Crippen molar-refractivity contribution in [3.8, 4) is 0 Å². The molecule has 0 spiro atoms. The van der Waals surface area contributed by atoms with Gasteiger partial charge in [0.15, 0.2) is 11.0 Å². The predicted molar refractivity (Wildman–Crippen MR) is 96.3 cm³/mol. The Kier molecular flexibility index (Phi) is 6.00. The van der Waals surface area contributed by atoms with Crippen molar-refractivity contribution in [1.29, 1.82) is 0 Å². The number of anilines is 1. The van der Waals surface area contributed by atoms with Crippen molar-refractivity contribution in [2.75, 3.05) is 16.2 Å². The number of hydrogen-bond donors (Lipinski definition) is 1. The van der Waals surface area contributed by atoms with E-state index in [1.807, 2.05) is 25.4 Å². The van der Waals surface area contributed by atoms with Crippen LogP contribution in [0.3, 0.4) is 0 Å². The third-order valence-corrected chi connectivity index (χ3v) is 3.82. The SMILES string of the molecule is CSc1ncc2cc(C(C)OCI)nc(NC(C)C)c2n1. The van der Waals surface area contributed by atoms with Gasteiger partial charge in [0.05, 0.1) is 16.4 Å². The number of fused-ring (bicyclic) bond motifs is 1. The molecule has 5 nitrogen and oxygen atoms in total. The first-order valence-electron chi connectivity index (χ1n) is 6.71. The number of thioether (sulfide) groups is 1. The van der Waals surface area contributed by atoms with Crippen LogP contribution in [0.15, 0.2) is 17.4 Å². The van der Waals surface area contributed by atoms with Crippen molar-refractivity contribution >= 4 is 51.1 Å². The number of ether oxygens (including phenoxy) is 1. The van der Waals surface area contributed by atoms with E-state index in [2.05, 4.69) is 51.7 Å². The van der Waals surface area contributed by atoms with Gasteiger partial charge in [-0.25, -0.2) is 15.0 Å². The molecule has 0 saturated heterocycles. The number of hydrogen-bond acceptors (Lipinski definition) is 6. The average molecular weight is 418 g/mol. The Labute approximate surface area is 142 Å². The summed E-state index contributed by atoms with van der Waals surface area (Å²) in [6.07, 6.45) is 3.76. The lowest BCUT2D eigenvalue weighted by Crippen LogP contribution is -2.14. The second kappa shape index (κ2) is 7.55. The summed E-state index contributed by atoms with van der Waals surface area (Å²) in [5, 5.41) is 5.10. The maximum Gasteiger partial charge on any atom is 0.187 e. The molecule has 2 aromatic heterocycles. The summed E-state index contributed by atoms with van der Waals surface area (Å²) in [6, 6.07) is 2.28. The minimum absolute atomic E-state index is 0.0563. The van der Waals surface area contributed by atoms with Gasteiger partial charge in [-0.1, -0.05) is 34.4 Å². The second-order valence-electron chi connectivity index (χ2n) is 4.91. The molecule has 0 aliphatic carbocycles. The summed E-state index contributed by atoms with van der Waals surface area (Å²) in [5.74, 6) is 0.791. The number of alkyl halides is 1. The molecular weight excluding hydrogens is 399 g/mol. The average Bonchev–Trinajstić information content (AvgIpc) is 2.46. The maximum absolute atomic E-state index is 5.63. The molecule has 2 aromatic rings. The molecule has 0 aliphatic rings. The number of rotatable bonds is 6. The maximum atomic E-state index is 5.63. The lowest BCUT2D eigenvalue weighted by atomic mass is 10.2. The van der Waals surface area contributed by atoms with E-state index in [1.54, 1.807) is 0 Å². The summed E-state index contributed by atoms with van der Waals surface area (Å²) in [7, 11) is 0. The van der Waals surface area contributed by atoms with Crippen LogP contribution in [0.25, 0.3) is 10.9 Å². The quantitative estimate of drug-likeness (QED) is 0.331. The van der Waals surface area contributed by atoms with E-state index in [1.165, 1.54) is 11.8 Å². The van der Waals surface area contributed by atoms with Gasteiger partial charge in [-0.2, -0.15) is 0 Å². The lowest BCUT2D eigenvalue weighted by Gasteiger charge is -2.16. The third-order valence-electron chi connectivity index (χ3n) is 2.90. The Morgan fingerprint density at radius 2 is 2.10 bits per heavy atom. The molecule has 114 valence electrons.